The average molecular weight is 267 g/mol. The normalized spacial score (nSPS) is 24.3. The van der Waals surface area contributed by atoms with Crippen LogP contribution in [-0.4, -0.2) is 20.5 Å². The molecule has 0 N–H and O–H groups in total. The van der Waals surface area contributed by atoms with Crippen molar-refractivity contribution in [1.29, 1.82) is 0 Å². The van der Waals surface area contributed by atoms with E-state index in [0.29, 0.717) is 15.4 Å². The molecule has 0 radical (unpaired) electrons. The minimum Gasteiger partial charge on any atom is -0.258 e. The Morgan fingerprint density at radius 3 is 2.88 bits per heavy atom. The van der Waals surface area contributed by atoms with Crippen molar-refractivity contribution in [2.24, 2.45) is 0 Å². The molecule has 0 spiro atoms. The van der Waals surface area contributed by atoms with Gasteiger partial charge in [0.05, 0.1) is 15.1 Å². The summed E-state index contributed by atoms with van der Waals surface area (Å²) in [6.07, 6.45) is 3.92. The Hall–Kier alpha value is -0.940. The predicted molar refractivity (Wildman–Crippen MR) is 75.4 cm³/mol. The third-order valence-corrected chi connectivity index (χ3v) is 5.62. The topological polar surface area (TPSA) is 43.1 Å². The van der Waals surface area contributed by atoms with E-state index < -0.39 is 0 Å². The maximum Gasteiger partial charge on any atom is 0.276 e. The molecule has 2 atom stereocenters. The lowest BCUT2D eigenvalue weighted by Crippen LogP contribution is -1.92. The van der Waals surface area contributed by atoms with Crippen molar-refractivity contribution in [1.82, 2.24) is 0 Å². The molecule has 17 heavy (non-hydrogen) atoms. The van der Waals surface area contributed by atoms with Gasteiger partial charge in [-0.25, -0.2) is 0 Å². The van der Waals surface area contributed by atoms with Crippen LogP contribution in [0.2, 0.25) is 0 Å². The lowest BCUT2D eigenvalue weighted by molar-refractivity contribution is -0.385. The number of hydrogen-bond acceptors (Lipinski definition) is 4. The second-order valence-corrected chi connectivity index (χ2v) is 6.88. The standard InChI is InChI=1S/C12H13NO2S2/c1-9-8-16-12(17-9)7-6-10-4-2-3-5-11(10)13(14)15/h2-7,9,12H,8H2,1H3/t9-,12-/m1/s1. The number of nitrogens with zero attached hydrogens (tertiary/aromatic N) is 1. The second-order valence-electron chi connectivity index (χ2n) is 3.82. The van der Waals surface area contributed by atoms with Crippen LogP contribution in [0.4, 0.5) is 5.69 Å². The van der Waals surface area contributed by atoms with E-state index in [1.165, 1.54) is 6.07 Å². The highest BCUT2D eigenvalue weighted by Gasteiger charge is 2.20. The van der Waals surface area contributed by atoms with E-state index in [2.05, 4.69) is 13.0 Å². The van der Waals surface area contributed by atoms with Crippen molar-refractivity contribution in [2.75, 3.05) is 5.75 Å². The lowest BCUT2D eigenvalue weighted by Gasteiger charge is -2.01. The molecule has 0 saturated carbocycles. The molecule has 1 fully saturated rings. The molecule has 0 aromatic heterocycles. The molecule has 3 nitrogen and oxygen atoms in total. The summed E-state index contributed by atoms with van der Waals surface area (Å²) in [4.78, 5) is 10.5. The van der Waals surface area contributed by atoms with Crippen molar-refractivity contribution in [3.8, 4) is 0 Å². The quantitative estimate of drug-likeness (QED) is 0.617. The fourth-order valence-corrected chi connectivity index (χ4v) is 4.56. The van der Waals surface area contributed by atoms with Crippen LogP contribution in [0.25, 0.3) is 6.08 Å². The molecular weight excluding hydrogens is 254 g/mol. The first-order chi connectivity index (χ1) is 8.16. The monoisotopic (exact) mass is 267 g/mol. The third kappa shape index (κ3) is 3.26. The van der Waals surface area contributed by atoms with Gasteiger partial charge >= 0.3 is 0 Å². The zero-order valence-electron chi connectivity index (χ0n) is 9.41. The molecule has 1 aliphatic heterocycles. The van der Waals surface area contributed by atoms with Gasteiger partial charge < -0.3 is 0 Å². The largest absolute Gasteiger partial charge is 0.276 e. The summed E-state index contributed by atoms with van der Waals surface area (Å²) in [6, 6.07) is 6.83. The second kappa shape index (κ2) is 5.60. The fraction of sp³-hybridized carbons (Fsp3) is 0.333. The summed E-state index contributed by atoms with van der Waals surface area (Å²) in [5, 5.41) is 11.5. The van der Waals surface area contributed by atoms with Crippen molar-refractivity contribution in [3.05, 3.63) is 46.0 Å². The van der Waals surface area contributed by atoms with E-state index >= 15 is 0 Å². The average Bonchev–Trinajstić information content (AvgIpc) is 2.73. The smallest absolute Gasteiger partial charge is 0.258 e. The minimum absolute atomic E-state index is 0.171. The zero-order valence-corrected chi connectivity index (χ0v) is 11.0. The summed E-state index contributed by atoms with van der Waals surface area (Å²) >= 11 is 3.80. The van der Waals surface area contributed by atoms with Gasteiger partial charge in [-0.05, 0) is 6.07 Å². The van der Waals surface area contributed by atoms with E-state index in [9.17, 15) is 10.1 Å². The van der Waals surface area contributed by atoms with Crippen LogP contribution in [0.1, 0.15) is 12.5 Å². The van der Waals surface area contributed by atoms with Crippen LogP contribution in [0.3, 0.4) is 0 Å². The van der Waals surface area contributed by atoms with Gasteiger partial charge in [0.2, 0.25) is 0 Å². The van der Waals surface area contributed by atoms with Gasteiger partial charge in [-0.3, -0.25) is 10.1 Å². The highest BCUT2D eigenvalue weighted by molar-refractivity contribution is 8.20. The van der Waals surface area contributed by atoms with Gasteiger partial charge in [-0.15, -0.1) is 23.5 Å². The van der Waals surface area contributed by atoms with Gasteiger partial charge in [0, 0.05) is 17.1 Å². The van der Waals surface area contributed by atoms with E-state index in [1.807, 2.05) is 35.7 Å². The maximum atomic E-state index is 10.8. The first-order valence-corrected chi connectivity index (χ1v) is 7.34. The van der Waals surface area contributed by atoms with Crippen molar-refractivity contribution >= 4 is 35.3 Å². The van der Waals surface area contributed by atoms with Gasteiger partial charge in [0.15, 0.2) is 0 Å². The van der Waals surface area contributed by atoms with E-state index in [4.69, 9.17) is 0 Å². The molecule has 0 unspecified atom stereocenters. The summed E-state index contributed by atoms with van der Waals surface area (Å²) in [7, 11) is 0. The molecular formula is C12H13NO2S2. The number of benzene rings is 1. The van der Waals surface area contributed by atoms with Gasteiger partial charge in [0.1, 0.15) is 0 Å². The molecule has 5 heteroatoms. The van der Waals surface area contributed by atoms with Crippen LogP contribution >= 0.6 is 23.5 Å². The number of thioether (sulfide) groups is 2. The molecule has 0 bridgehead atoms. The fourth-order valence-electron chi connectivity index (χ4n) is 1.62. The van der Waals surface area contributed by atoms with Crippen LogP contribution < -0.4 is 0 Å². The number of nitro benzene ring substituents is 1. The summed E-state index contributed by atoms with van der Waals surface area (Å²) < 4.78 is 0.421. The summed E-state index contributed by atoms with van der Waals surface area (Å²) in [5.41, 5.74) is 0.850. The van der Waals surface area contributed by atoms with Crippen molar-refractivity contribution < 1.29 is 4.92 Å². The Morgan fingerprint density at radius 1 is 1.47 bits per heavy atom. The van der Waals surface area contributed by atoms with E-state index in [0.717, 1.165) is 5.75 Å². The first-order valence-electron chi connectivity index (χ1n) is 5.35. The minimum atomic E-state index is -0.336. The molecule has 2 rings (SSSR count). The zero-order chi connectivity index (χ0) is 12.3. The molecule has 0 amide bonds. The van der Waals surface area contributed by atoms with Crippen molar-refractivity contribution in [3.63, 3.8) is 0 Å². The Morgan fingerprint density at radius 2 is 2.24 bits per heavy atom. The molecule has 1 aromatic carbocycles. The van der Waals surface area contributed by atoms with Crippen LogP contribution in [-0.2, 0) is 0 Å². The number of nitro groups is 1. The van der Waals surface area contributed by atoms with Gasteiger partial charge in [-0.2, -0.15) is 0 Å². The SMILES string of the molecule is C[C@@H]1CS[C@@H](C=Cc2ccccc2[N+](=O)[O-])S1. The molecule has 0 aliphatic carbocycles. The van der Waals surface area contributed by atoms with Crippen LogP contribution in [0, 0.1) is 10.1 Å². The molecule has 1 saturated heterocycles. The Balaban J connectivity index is 2.13. The van der Waals surface area contributed by atoms with E-state index in [1.54, 1.807) is 12.1 Å². The maximum absolute atomic E-state index is 10.8. The summed E-state index contributed by atoms with van der Waals surface area (Å²) in [6.45, 7) is 2.20. The highest BCUT2D eigenvalue weighted by atomic mass is 32.2. The third-order valence-electron chi connectivity index (χ3n) is 2.43. The summed E-state index contributed by atoms with van der Waals surface area (Å²) in [5.74, 6) is 1.15. The van der Waals surface area contributed by atoms with Gasteiger partial charge in [-0.1, -0.05) is 31.2 Å². The molecule has 1 aliphatic rings. The Bertz CT molecular complexity index is 448. The van der Waals surface area contributed by atoms with E-state index in [-0.39, 0.29) is 10.6 Å². The first kappa shape index (κ1) is 12.5. The number of para-hydroxylation sites is 1. The molecule has 90 valence electrons. The predicted octanol–water partition coefficient (Wildman–Crippen LogP) is 3.80. The van der Waals surface area contributed by atoms with Crippen LogP contribution in [0.15, 0.2) is 30.3 Å². The van der Waals surface area contributed by atoms with Gasteiger partial charge in [0.25, 0.3) is 5.69 Å². The van der Waals surface area contributed by atoms with Crippen LogP contribution in [0.5, 0.6) is 0 Å². The lowest BCUT2D eigenvalue weighted by atomic mass is 10.2. The number of rotatable bonds is 3. The van der Waals surface area contributed by atoms with Crippen molar-refractivity contribution in [2.45, 2.75) is 16.8 Å². The Kier molecular flexibility index (Phi) is 4.12. The molecule has 1 aromatic rings. The number of hydrogen-bond donors (Lipinski definition) is 0. The molecule has 1 heterocycles. The Labute approximate surface area is 109 Å². The highest BCUT2D eigenvalue weighted by Crippen LogP contribution is 2.38.